The SMILES string of the molecule is CN(CC(=O)N(C)C)Cc1cc(O)ccc1Cl. The van der Waals surface area contributed by atoms with Crippen molar-refractivity contribution in [3.05, 3.63) is 28.8 Å². The van der Waals surface area contributed by atoms with Gasteiger partial charge in [-0.3, -0.25) is 9.69 Å². The second-order valence-electron chi connectivity index (χ2n) is 4.24. The number of nitrogens with zero attached hydrogens (tertiary/aromatic N) is 2. The lowest BCUT2D eigenvalue weighted by atomic mass is 10.2. The number of likely N-dealkylation sites (N-methyl/N-ethyl adjacent to an activating group) is 2. The molecule has 1 aromatic rings. The van der Waals surface area contributed by atoms with Gasteiger partial charge in [-0.1, -0.05) is 11.6 Å². The Balaban J connectivity index is 2.64. The first-order valence-corrected chi connectivity index (χ1v) is 5.64. The summed E-state index contributed by atoms with van der Waals surface area (Å²) in [6.45, 7) is 0.839. The van der Waals surface area contributed by atoms with Gasteiger partial charge in [-0.15, -0.1) is 0 Å². The summed E-state index contributed by atoms with van der Waals surface area (Å²) in [6.07, 6.45) is 0. The molecule has 0 aliphatic carbocycles. The first kappa shape index (κ1) is 13.8. The lowest BCUT2D eigenvalue weighted by molar-refractivity contribution is -0.129. The maximum absolute atomic E-state index is 11.5. The van der Waals surface area contributed by atoms with Gasteiger partial charge < -0.3 is 10.0 Å². The van der Waals surface area contributed by atoms with Crippen LogP contribution < -0.4 is 0 Å². The molecule has 0 aliphatic heterocycles. The number of hydrogen-bond donors (Lipinski definition) is 1. The Morgan fingerprint density at radius 2 is 2.00 bits per heavy atom. The van der Waals surface area contributed by atoms with Crippen LogP contribution >= 0.6 is 11.6 Å². The molecule has 1 amide bonds. The first-order valence-electron chi connectivity index (χ1n) is 5.26. The Labute approximate surface area is 106 Å². The molecule has 0 saturated carbocycles. The van der Waals surface area contributed by atoms with E-state index in [0.717, 1.165) is 5.56 Å². The third kappa shape index (κ3) is 4.24. The van der Waals surface area contributed by atoms with Gasteiger partial charge in [0.1, 0.15) is 5.75 Å². The van der Waals surface area contributed by atoms with Crippen molar-refractivity contribution in [3.63, 3.8) is 0 Å². The normalized spacial score (nSPS) is 10.6. The fraction of sp³-hybridized carbons (Fsp3) is 0.417. The average Bonchev–Trinajstić information content (AvgIpc) is 2.23. The number of rotatable bonds is 4. The van der Waals surface area contributed by atoms with Crippen LogP contribution in [0.1, 0.15) is 5.56 Å². The Kier molecular flexibility index (Phi) is 4.78. The van der Waals surface area contributed by atoms with E-state index in [0.29, 0.717) is 18.1 Å². The highest BCUT2D eigenvalue weighted by Crippen LogP contribution is 2.22. The Hall–Kier alpha value is -1.26. The summed E-state index contributed by atoms with van der Waals surface area (Å²) >= 11 is 6.01. The number of carbonyl (C=O) groups is 1. The molecule has 5 heteroatoms. The maximum Gasteiger partial charge on any atom is 0.236 e. The number of phenols is 1. The van der Waals surface area contributed by atoms with Crippen molar-refractivity contribution < 1.29 is 9.90 Å². The molecule has 1 rings (SSSR count). The monoisotopic (exact) mass is 256 g/mol. The summed E-state index contributed by atoms with van der Waals surface area (Å²) in [4.78, 5) is 14.9. The van der Waals surface area contributed by atoms with Crippen LogP contribution in [-0.4, -0.2) is 48.5 Å². The van der Waals surface area contributed by atoms with Crippen LogP contribution in [0.2, 0.25) is 5.02 Å². The zero-order chi connectivity index (χ0) is 13.0. The summed E-state index contributed by atoms with van der Waals surface area (Å²) in [5, 5.41) is 9.96. The van der Waals surface area contributed by atoms with Gasteiger partial charge in [0.2, 0.25) is 5.91 Å². The molecule has 0 atom stereocenters. The van der Waals surface area contributed by atoms with Crippen molar-refractivity contribution in [1.82, 2.24) is 9.80 Å². The topological polar surface area (TPSA) is 43.8 Å². The molecule has 1 N–H and O–H groups in total. The predicted molar refractivity (Wildman–Crippen MR) is 68.1 cm³/mol. The van der Waals surface area contributed by atoms with Crippen LogP contribution in [0.25, 0.3) is 0 Å². The van der Waals surface area contributed by atoms with Crippen molar-refractivity contribution in [1.29, 1.82) is 0 Å². The van der Waals surface area contributed by atoms with Crippen LogP contribution in [0.3, 0.4) is 0 Å². The number of hydrogen-bond acceptors (Lipinski definition) is 3. The highest BCUT2D eigenvalue weighted by atomic mass is 35.5. The Bertz CT molecular complexity index is 407. The van der Waals surface area contributed by atoms with Gasteiger partial charge in [-0.25, -0.2) is 0 Å². The number of phenolic OH excluding ortho intramolecular Hbond substituents is 1. The second kappa shape index (κ2) is 5.89. The van der Waals surface area contributed by atoms with Gasteiger partial charge in [0.25, 0.3) is 0 Å². The Morgan fingerprint density at radius 3 is 2.59 bits per heavy atom. The Morgan fingerprint density at radius 1 is 1.35 bits per heavy atom. The second-order valence-corrected chi connectivity index (χ2v) is 4.64. The van der Waals surface area contributed by atoms with Crippen LogP contribution in [0, 0.1) is 0 Å². The van der Waals surface area contributed by atoms with Gasteiger partial charge in [-0.2, -0.15) is 0 Å². The molecule has 0 bridgehead atoms. The zero-order valence-corrected chi connectivity index (χ0v) is 11.0. The molecule has 0 unspecified atom stereocenters. The summed E-state index contributed by atoms with van der Waals surface area (Å²) in [5.74, 6) is 0.209. The molecule has 0 aromatic heterocycles. The minimum Gasteiger partial charge on any atom is -0.508 e. The average molecular weight is 257 g/mol. The molecule has 17 heavy (non-hydrogen) atoms. The molecule has 4 nitrogen and oxygen atoms in total. The van der Waals surface area contributed by atoms with Gasteiger partial charge >= 0.3 is 0 Å². The fourth-order valence-electron chi connectivity index (χ4n) is 1.40. The van der Waals surface area contributed by atoms with Crippen LogP contribution in [0.4, 0.5) is 0 Å². The lowest BCUT2D eigenvalue weighted by Crippen LogP contribution is -2.34. The van der Waals surface area contributed by atoms with E-state index in [4.69, 9.17) is 11.6 Å². The van der Waals surface area contributed by atoms with Crippen molar-refractivity contribution in [2.24, 2.45) is 0 Å². The number of aromatic hydroxyl groups is 1. The number of benzene rings is 1. The van der Waals surface area contributed by atoms with E-state index in [1.54, 1.807) is 31.1 Å². The third-order valence-electron chi connectivity index (χ3n) is 2.37. The van der Waals surface area contributed by atoms with E-state index in [9.17, 15) is 9.90 Å². The molecule has 0 spiro atoms. The molecule has 0 saturated heterocycles. The summed E-state index contributed by atoms with van der Waals surface area (Å²) < 4.78 is 0. The lowest BCUT2D eigenvalue weighted by Gasteiger charge is -2.19. The van der Waals surface area contributed by atoms with E-state index in [1.165, 1.54) is 6.07 Å². The van der Waals surface area contributed by atoms with Crippen molar-refractivity contribution in [2.75, 3.05) is 27.7 Å². The van der Waals surface area contributed by atoms with E-state index in [1.807, 2.05) is 11.9 Å². The molecule has 0 aliphatic rings. The number of amides is 1. The number of carbonyl (C=O) groups excluding carboxylic acids is 1. The standard InChI is InChI=1S/C12H17ClN2O2/c1-14(2)12(17)8-15(3)7-9-6-10(16)4-5-11(9)13/h4-6,16H,7-8H2,1-3H3. The van der Waals surface area contributed by atoms with Crippen molar-refractivity contribution >= 4 is 17.5 Å². The minimum atomic E-state index is 0.0313. The maximum atomic E-state index is 11.5. The first-order chi connectivity index (χ1) is 7.90. The molecular weight excluding hydrogens is 240 g/mol. The largest absolute Gasteiger partial charge is 0.508 e. The highest BCUT2D eigenvalue weighted by molar-refractivity contribution is 6.31. The van der Waals surface area contributed by atoms with E-state index in [2.05, 4.69) is 0 Å². The number of halogens is 1. The van der Waals surface area contributed by atoms with Crippen LogP contribution in [-0.2, 0) is 11.3 Å². The van der Waals surface area contributed by atoms with Gasteiger partial charge in [0, 0.05) is 25.7 Å². The van der Waals surface area contributed by atoms with Crippen LogP contribution in [0.5, 0.6) is 5.75 Å². The van der Waals surface area contributed by atoms with Crippen molar-refractivity contribution in [2.45, 2.75) is 6.54 Å². The molecule has 1 aromatic carbocycles. The van der Waals surface area contributed by atoms with Crippen LogP contribution in [0.15, 0.2) is 18.2 Å². The van der Waals surface area contributed by atoms with Gasteiger partial charge in [-0.05, 0) is 30.8 Å². The molecule has 0 heterocycles. The minimum absolute atomic E-state index is 0.0313. The fourth-order valence-corrected chi connectivity index (χ4v) is 1.58. The quantitative estimate of drug-likeness (QED) is 0.889. The smallest absolute Gasteiger partial charge is 0.236 e. The molecule has 0 radical (unpaired) electrons. The zero-order valence-electron chi connectivity index (χ0n) is 10.3. The summed E-state index contributed by atoms with van der Waals surface area (Å²) in [7, 11) is 5.27. The van der Waals surface area contributed by atoms with Gasteiger partial charge in [0.15, 0.2) is 0 Å². The summed E-state index contributed by atoms with van der Waals surface area (Å²) in [5.41, 5.74) is 0.806. The van der Waals surface area contributed by atoms with E-state index >= 15 is 0 Å². The summed E-state index contributed by atoms with van der Waals surface area (Å²) in [6, 6.07) is 4.80. The predicted octanol–water partition coefficient (Wildman–Crippen LogP) is 1.57. The molecule has 0 fully saturated rings. The third-order valence-corrected chi connectivity index (χ3v) is 2.74. The van der Waals surface area contributed by atoms with E-state index < -0.39 is 0 Å². The van der Waals surface area contributed by atoms with E-state index in [-0.39, 0.29) is 11.7 Å². The molecular formula is C12H17ClN2O2. The highest BCUT2D eigenvalue weighted by Gasteiger charge is 2.10. The van der Waals surface area contributed by atoms with Crippen molar-refractivity contribution in [3.8, 4) is 5.75 Å². The molecule has 94 valence electrons. The van der Waals surface area contributed by atoms with Gasteiger partial charge in [0.05, 0.1) is 6.54 Å².